The third kappa shape index (κ3) is 5.92. The minimum atomic E-state index is -0.00168. The highest BCUT2D eigenvalue weighted by Gasteiger charge is 2.35. The molecule has 4 nitrogen and oxygen atoms in total. The van der Waals surface area contributed by atoms with Gasteiger partial charge in [-0.15, -0.1) is 0 Å². The molecule has 0 spiro atoms. The fourth-order valence-electron chi connectivity index (χ4n) is 8.58. The first-order valence-corrected chi connectivity index (χ1v) is 19.7. The van der Waals surface area contributed by atoms with Gasteiger partial charge in [0.15, 0.2) is 17.5 Å². The van der Waals surface area contributed by atoms with Gasteiger partial charge < -0.3 is 4.81 Å². The van der Waals surface area contributed by atoms with Crippen molar-refractivity contribution >= 4 is 34.3 Å². The maximum absolute atomic E-state index is 5.05. The molecule has 1 aromatic heterocycles. The molecule has 0 atom stereocenters. The number of para-hydroxylation sites is 1. The fraction of sp³-hybridized carbons (Fsp3) is 0. The van der Waals surface area contributed by atoms with E-state index in [-0.39, 0.29) is 6.85 Å². The van der Waals surface area contributed by atoms with Crippen LogP contribution in [-0.2, 0) is 0 Å². The van der Waals surface area contributed by atoms with E-state index >= 15 is 0 Å². The summed E-state index contributed by atoms with van der Waals surface area (Å²) in [6, 6.07) is 68.9. The zero-order chi connectivity index (χ0) is 38.4. The smallest absolute Gasteiger partial charge is 0.320 e. The highest BCUT2D eigenvalue weighted by Crippen LogP contribution is 2.43. The average molecular weight is 739 g/mol. The molecule has 11 rings (SSSR count). The Hall–Kier alpha value is -7.63. The number of anilines is 1. The van der Waals surface area contributed by atoms with Crippen LogP contribution in [0.15, 0.2) is 212 Å². The predicted octanol–water partition coefficient (Wildman–Crippen LogP) is 12.2. The van der Waals surface area contributed by atoms with E-state index in [1.165, 1.54) is 60.7 Å². The summed E-state index contributed by atoms with van der Waals surface area (Å²) < 4.78 is 0. The van der Waals surface area contributed by atoms with Gasteiger partial charge in [0.05, 0.1) is 0 Å². The maximum Gasteiger partial charge on any atom is 0.320 e. The summed E-state index contributed by atoms with van der Waals surface area (Å²) in [6.45, 7) is -0.00168. The normalized spacial score (nSPS) is 12.8. The van der Waals surface area contributed by atoms with Crippen molar-refractivity contribution in [3.8, 4) is 67.3 Å². The van der Waals surface area contributed by atoms with E-state index in [1.807, 2.05) is 60.7 Å². The molecular formula is C53H35BN4. The van der Waals surface area contributed by atoms with Gasteiger partial charge in [-0.25, -0.2) is 15.0 Å². The molecule has 0 bridgehead atoms. The Balaban J connectivity index is 0.986. The summed E-state index contributed by atoms with van der Waals surface area (Å²) in [5.74, 6) is 4.23. The first kappa shape index (κ1) is 33.7. The second-order valence-corrected chi connectivity index (χ2v) is 14.8. The van der Waals surface area contributed by atoms with E-state index in [4.69, 9.17) is 15.0 Å². The molecule has 0 unspecified atom stereocenters. The summed E-state index contributed by atoms with van der Waals surface area (Å²) in [7, 11) is 0. The second kappa shape index (κ2) is 14.1. The molecule has 0 aliphatic carbocycles. The average Bonchev–Trinajstić information content (AvgIpc) is 3.31. The topological polar surface area (TPSA) is 41.9 Å². The first-order valence-electron chi connectivity index (χ1n) is 19.7. The number of rotatable bonds is 6. The molecule has 3 heterocycles. The van der Waals surface area contributed by atoms with E-state index < -0.39 is 0 Å². The van der Waals surface area contributed by atoms with Gasteiger partial charge in [0.25, 0.3) is 0 Å². The predicted molar refractivity (Wildman–Crippen MR) is 241 cm³/mol. The zero-order valence-electron chi connectivity index (χ0n) is 31.6. The molecule has 0 fully saturated rings. The molecule has 9 aromatic rings. The largest absolute Gasteiger partial charge is 0.382 e. The monoisotopic (exact) mass is 738 g/mol. The van der Waals surface area contributed by atoms with Gasteiger partial charge in [0.2, 0.25) is 0 Å². The minimum absolute atomic E-state index is 0.00168. The van der Waals surface area contributed by atoms with Crippen molar-refractivity contribution in [1.82, 2.24) is 15.0 Å². The first-order chi connectivity index (χ1) is 28.7. The lowest BCUT2D eigenvalue weighted by Gasteiger charge is -2.38. The lowest BCUT2D eigenvalue weighted by atomic mass is 9.49. The number of allylic oxidation sites excluding steroid dienone is 2. The number of hydrogen-bond acceptors (Lipinski definition) is 4. The number of fused-ring (bicyclic) bond motifs is 7. The standard InChI is InChI=1S/C53H35BN4/c1-3-16-37(17-4-1)51-55-52(38-18-5-2-6-19-38)57-53(56-51)43-31-32-54-48-29-14-28-46(50(48)47-26-9-10-30-49(47)58(54)35-43)42-24-12-22-40(34-42)39-21-11-23-41(33-39)45-27-13-20-36-15-7-8-25-44(36)45/h1-35H. The van der Waals surface area contributed by atoms with Crippen LogP contribution in [0.5, 0.6) is 0 Å². The van der Waals surface area contributed by atoms with Crippen LogP contribution in [0.1, 0.15) is 5.82 Å². The van der Waals surface area contributed by atoms with Crippen LogP contribution in [0, 0.1) is 0 Å². The SMILES string of the molecule is C1=CC(c2nc(-c3ccccc3)nc(-c3ccccc3)n2)=CN2B1c1cccc(-c3cccc(-c4cccc(-c5cccc6ccccc56)c4)c3)c1-c1ccccc12. The molecule has 0 amide bonds. The summed E-state index contributed by atoms with van der Waals surface area (Å²) in [4.78, 5) is 17.4. The van der Waals surface area contributed by atoms with Crippen LogP contribution in [0.25, 0.3) is 83.6 Å². The Morgan fingerprint density at radius 1 is 0.397 bits per heavy atom. The summed E-state index contributed by atoms with van der Waals surface area (Å²) in [5, 5.41) is 2.51. The molecular weight excluding hydrogens is 703 g/mol. The van der Waals surface area contributed by atoms with Crippen LogP contribution in [0.4, 0.5) is 5.69 Å². The quantitative estimate of drug-likeness (QED) is 0.159. The van der Waals surface area contributed by atoms with Crippen molar-refractivity contribution in [2.24, 2.45) is 0 Å². The Morgan fingerprint density at radius 2 is 0.914 bits per heavy atom. The third-order valence-electron chi connectivity index (χ3n) is 11.3. The van der Waals surface area contributed by atoms with Crippen molar-refractivity contribution in [2.45, 2.75) is 0 Å². The molecule has 2 aliphatic rings. The zero-order valence-corrected chi connectivity index (χ0v) is 31.6. The van der Waals surface area contributed by atoms with Crippen molar-refractivity contribution in [3.63, 3.8) is 0 Å². The van der Waals surface area contributed by atoms with Crippen LogP contribution in [-0.4, -0.2) is 21.8 Å². The molecule has 0 saturated carbocycles. The molecule has 0 saturated heterocycles. The lowest BCUT2D eigenvalue weighted by Crippen LogP contribution is -2.49. The van der Waals surface area contributed by atoms with Gasteiger partial charge >= 0.3 is 6.85 Å². The minimum Gasteiger partial charge on any atom is -0.382 e. The molecule has 58 heavy (non-hydrogen) atoms. The molecule has 0 radical (unpaired) electrons. The van der Waals surface area contributed by atoms with Gasteiger partial charge in [-0.05, 0) is 73.4 Å². The van der Waals surface area contributed by atoms with Gasteiger partial charge in [-0.2, -0.15) is 0 Å². The lowest BCUT2D eigenvalue weighted by molar-refractivity contribution is 1.04. The molecule has 270 valence electrons. The summed E-state index contributed by atoms with van der Waals surface area (Å²) >= 11 is 0. The summed E-state index contributed by atoms with van der Waals surface area (Å²) in [5.41, 5.74) is 15.0. The molecule has 0 N–H and O–H groups in total. The molecule has 8 aromatic carbocycles. The highest BCUT2D eigenvalue weighted by atomic mass is 15.1. The van der Waals surface area contributed by atoms with E-state index in [0.717, 1.165) is 22.4 Å². The number of benzene rings is 8. The van der Waals surface area contributed by atoms with Crippen LogP contribution in [0.3, 0.4) is 0 Å². The van der Waals surface area contributed by atoms with Crippen molar-refractivity contribution in [2.75, 3.05) is 4.81 Å². The van der Waals surface area contributed by atoms with Crippen LogP contribution in [0.2, 0.25) is 0 Å². The third-order valence-corrected chi connectivity index (χ3v) is 11.3. The molecule has 2 aliphatic heterocycles. The van der Waals surface area contributed by atoms with Crippen molar-refractivity contribution in [3.05, 3.63) is 218 Å². The van der Waals surface area contributed by atoms with E-state index in [0.29, 0.717) is 17.5 Å². The van der Waals surface area contributed by atoms with E-state index in [9.17, 15) is 0 Å². The Kier molecular flexibility index (Phi) is 8.22. The number of aromatic nitrogens is 3. The Bertz CT molecular complexity index is 3020. The molecule has 5 heteroatoms. The van der Waals surface area contributed by atoms with Gasteiger partial charge in [-0.3, -0.25) is 0 Å². The summed E-state index contributed by atoms with van der Waals surface area (Å²) in [6.07, 6.45) is 4.38. The van der Waals surface area contributed by atoms with Crippen molar-refractivity contribution in [1.29, 1.82) is 0 Å². The highest BCUT2D eigenvalue weighted by molar-refractivity contribution is 6.84. The maximum atomic E-state index is 5.05. The van der Waals surface area contributed by atoms with Crippen LogP contribution >= 0.6 is 0 Å². The second-order valence-electron chi connectivity index (χ2n) is 14.8. The van der Waals surface area contributed by atoms with Crippen LogP contribution < -0.4 is 10.3 Å². The fourth-order valence-corrected chi connectivity index (χ4v) is 8.58. The van der Waals surface area contributed by atoms with Gasteiger partial charge in [-0.1, -0.05) is 188 Å². The van der Waals surface area contributed by atoms with E-state index in [2.05, 4.69) is 157 Å². The van der Waals surface area contributed by atoms with Gasteiger partial charge in [0, 0.05) is 34.2 Å². The number of nitrogens with zero attached hydrogens (tertiary/aromatic N) is 4. The van der Waals surface area contributed by atoms with Crippen molar-refractivity contribution < 1.29 is 0 Å². The Morgan fingerprint density at radius 3 is 1.66 bits per heavy atom. The Labute approximate surface area is 338 Å². The van der Waals surface area contributed by atoms with E-state index in [1.54, 1.807) is 0 Å². The van der Waals surface area contributed by atoms with Gasteiger partial charge in [0.1, 0.15) is 0 Å². The number of hydrogen-bond donors (Lipinski definition) is 0.